The number of para-hydroxylation sites is 1. The van der Waals surface area contributed by atoms with Crippen LogP contribution in [0.5, 0.6) is 0 Å². The average Bonchev–Trinajstić information content (AvgIpc) is 3.27. The van der Waals surface area contributed by atoms with Gasteiger partial charge in [0.2, 0.25) is 11.8 Å². The molecule has 1 saturated heterocycles. The van der Waals surface area contributed by atoms with E-state index in [0.29, 0.717) is 5.02 Å². The van der Waals surface area contributed by atoms with Crippen molar-refractivity contribution in [2.75, 3.05) is 4.90 Å². The summed E-state index contributed by atoms with van der Waals surface area (Å²) in [5.41, 5.74) is 5.60. The van der Waals surface area contributed by atoms with Crippen molar-refractivity contribution in [2.24, 2.45) is 16.9 Å². The molecule has 4 aromatic carbocycles. The topological polar surface area (TPSA) is 103 Å². The normalized spacial score (nSPS) is 23.4. The molecule has 4 aromatic rings. The molecule has 9 heteroatoms. The summed E-state index contributed by atoms with van der Waals surface area (Å²) >= 11 is 12.2. The van der Waals surface area contributed by atoms with Gasteiger partial charge in [0.15, 0.2) is 0 Å². The number of rotatable bonds is 4. The lowest BCUT2D eigenvalue weighted by molar-refractivity contribution is -0.122. The molecule has 0 spiro atoms. The van der Waals surface area contributed by atoms with Crippen LogP contribution in [0.2, 0.25) is 10.0 Å². The molecule has 1 heterocycles. The molecule has 0 radical (unpaired) electrons. The fourth-order valence-electron chi connectivity index (χ4n) is 6.98. The number of imide groups is 1. The smallest absolute Gasteiger partial charge is 0.272 e. The molecule has 2 bridgehead atoms. The first-order chi connectivity index (χ1) is 20.4. The Morgan fingerprint density at radius 2 is 1.55 bits per heavy atom. The van der Waals surface area contributed by atoms with Crippen LogP contribution in [0.1, 0.15) is 44.1 Å². The molecule has 1 fully saturated rings. The number of carbonyl (C=O) groups excluding carboxylic acids is 3. The van der Waals surface area contributed by atoms with E-state index >= 15 is 0 Å². The minimum atomic E-state index is -1.17. The molecule has 3 aliphatic carbocycles. The predicted octanol–water partition coefficient (Wildman–Crippen LogP) is 5.83. The van der Waals surface area contributed by atoms with Gasteiger partial charge in [-0.15, -0.1) is 0 Å². The van der Waals surface area contributed by atoms with Crippen molar-refractivity contribution >= 4 is 52.8 Å². The van der Waals surface area contributed by atoms with Crippen LogP contribution >= 0.6 is 23.2 Å². The maximum atomic E-state index is 14.4. The third-order valence-electron chi connectivity index (χ3n) is 8.56. The standard InChI is InChI=1S/C33H20Cl2N4O3/c34-19-13-14-22(25(35)15-19)30(40)38-37-17-33-23-10-4-2-8-20(23)27(21-9-3-5-11-24(21)33)28-29(33)32(42)39(31(28)41)26-12-6-1-7-18(26)16-36/h1-15,17,27-29H,(H,38,40)/b37-17-/t27?,28-,29+,33?/m1/s1. The molecular formula is C33H20Cl2N4O3. The molecule has 204 valence electrons. The third-order valence-corrected chi connectivity index (χ3v) is 9.11. The van der Waals surface area contributed by atoms with Crippen molar-refractivity contribution in [3.63, 3.8) is 0 Å². The van der Waals surface area contributed by atoms with Crippen molar-refractivity contribution in [1.82, 2.24) is 5.43 Å². The molecule has 1 N–H and O–H groups in total. The van der Waals surface area contributed by atoms with E-state index in [1.54, 1.807) is 36.5 Å². The van der Waals surface area contributed by atoms with Gasteiger partial charge in [-0.1, -0.05) is 83.9 Å². The van der Waals surface area contributed by atoms with Gasteiger partial charge in [-0.25, -0.2) is 10.3 Å². The summed E-state index contributed by atoms with van der Waals surface area (Å²) in [5.74, 6) is -3.29. The Morgan fingerprint density at radius 3 is 2.21 bits per heavy atom. The maximum Gasteiger partial charge on any atom is 0.272 e. The number of nitrogens with one attached hydrogen (secondary N) is 1. The van der Waals surface area contributed by atoms with Crippen molar-refractivity contribution in [3.8, 4) is 6.07 Å². The van der Waals surface area contributed by atoms with Gasteiger partial charge in [0.25, 0.3) is 5.91 Å². The lowest BCUT2D eigenvalue weighted by atomic mass is 9.47. The quantitative estimate of drug-likeness (QED) is 0.183. The van der Waals surface area contributed by atoms with Crippen molar-refractivity contribution in [3.05, 3.63) is 134 Å². The lowest BCUT2D eigenvalue weighted by Crippen LogP contribution is -2.54. The Bertz CT molecular complexity index is 1870. The van der Waals surface area contributed by atoms with Crippen LogP contribution < -0.4 is 10.3 Å². The van der Waals surface area contributed by atoms with Gasteiger partial charge in [0.1, 0.15) is 6.07 Å². The minimum Gasteiger partial charge on any atom is -0.274 e. The zero-order chi connectivity index (χ0) is 29.2. The Labute approximate surface area is 251 Å². The second-order valence-electron chi connectivity index (χ2n) is 10.5. The Hall–Kier alpha value is -4.77. The van der Waals surface area contributed by atoms with Gasteiger partial charge in [0.05, 0.1) is 39.1 Å². The number of hydrogen-bond acceptors (Lipinski definition) is 5. The predicted molar refractivity (Wildman–Crippen MR) is 159 cm³/mol. The number of nitrogens with zero attached hydrogens (tertiary/aromatic N) is 3. The zero-order valence-corrected chi connectivity index (χ0v) is 23.3. The van der Waals surface area contributed by atoms with Crippen LogP contribution in [0.25, 0.3) is 0 Å². The monoisotopic (exact) mass is 590 g/mol. The molecule has 1 aliphatic heterocycles. The van der Waals surface area contributed by atoms with Crippen LogP contribution in [0, 0.1) is 23.2 Å². The molecule has 7 nitrogen and oxygen atoms in total. The summed E-state index contributed by atoms with van der Waals surface area (Å²) in [4.78, 5) is 42.9. The van der Waals surface area contributed by atoms with Gasteiger partial charge in [-0.05, 0) is 52.6 Å². The number of benzene rings is 4. The molecule has 2 atom stereocenters. The molecule has 0 saturated carbocycles. The van der Waals surface area contributed by atoms with E-state index in [0.717, 1.165) is 27.2 Å². The summed E-state index contributed by atoms with van der Waals surface area (Å²) in [6.07, 6.45) is 1.57. The van der Waals surface area contributed by atoms with Crippen LogP contribution in [0.15, 0.2) is 96.1 Å². The molecule has 0 aromatic heterocycles. The van der Waals surface area contributed by atoms with Gasteiger partial charge < -0.3 is 0 Å². The highest BCUT2D eigenvalue weighted by molar-refractivity contribution is 6.36. The summed E-state index contributed by atoms with van der Waals surface area (Å²) in [6.45, 7) is 0. The van der Waals surface area contributed by atoms with Crippen LogP contribution in [-0.2, 0) is 15.0 Å². The highest BCUT2D eigenvalue weighted by atomic mass is 35.5. The lowest BCUT2D eigenvalue weighted by Gasteiger charge is -2.52. The maximum absolute atomic E-state index is 14.4. The summed E-state index contributed by atoms with van der Waals surface area (Å²) in [5, 5.41) is 14.7. The number of nitriles is 1. The number of amides is 3. The highest BCUT2D eigenvalue weighted by Crippen LogP contribution is 2.63. The van der Waals surface area contributed by atoms with Gasteiger partial charge in [-0.2, -0.15) is 10.4 Å². The number of anilines is 1. The Morgan fingerprint density at radius 1 is 0.905 bits per heavy atom. The van der Waals surface area contributed by atoms with Crippen LogP contribution in [0.4, 0.5) is 5.69 Å². The summed E-state index contributed by atoms with van der Waals surface area (Å²) in [7, 11) is 0. The molecule has 42 heavy (non-hydrogen) atoms. The van der Waals surface area contributed by atoms with Crippen molar-refractivity contribution in [2.45, 2.75) is 11.3 Å². The highest BCUT2D eigenvalue weighted by Gasteiger charge is 2.68. The van der Waals surface area contributed by atoms with E-state index < -0.39 is 29.1 Å². The SMILES string of the molecule is N#Cc1ccccc1N1C(=O)[C@@H]2C3c4ccccc4C(/C=N\NC(=O)c4ccc(Cl)cc4Cl)(c4ccccc43)[C@@H]2C1=O. The number of hydrogen-bond donors (Lipinski definition) is 1. The van der Waals surface area contributed by atoms with E-state index in [1.807, 2.05) is 48.5 Å². The fraction of sp³-hybridized carbons (Fsp3) is 0.121. The van der Waals surface area contributed by atoms with Crippen molar-refractivity contribution < 1.29 is 14.4 Å². The third kappa shape index (κ3) is 3.52. The molecule has 4 aliphatic rings. The first-order valence-corrected chi connectivity index (χ1v) is 14.0. The fourth-order valence-corrected chi connectivity index (χ4v) is 7.47. The van der Waals surface area contributed by atoms with E-state index in [1.165, 1.54) is 12.1 Å². The molecule has 0 unspecified atom stereocenters. The molecule has 8 rings (SSSR count). The first-order valence-electron chi connectivity index (χ1n) is 13.2. The van der Waals surface area contributed by atoms with E-state index in [4.69, 9.17) is 23.2 Å². The second kappa shape index (κ2) is 9.66. The van der Waals surface area contributed by atoms with Gasteiger partial charge in [0, 0.05) is 17.2 Å². The van der Waals surface area contributed by atoms with E-state index in [9.17, 15) is 19.6 Å². The van der Waals surface area contributed by atoms with E-state index in [2.05, 4.69) is 16.6 Å². The summed E-state index contributed by atoms with van der Waals surface area (Å²) in [6, 6.07) is 28.7. The van der Waals surface area contributed by atoms with E-state index in [-0.39, 0.29) is 33.7 Å². The Kier molecular flexibility index (Phi) is 6.01. The average molecular weight is 591 g/mol. The van der Waals surface area contributed by atoms with Crippen molar-refractivity contribution in [1.29, 1.82) is 5.26 Å². The zero-order valence-electron chi connectivity index (χ0n) is 21.8. The minimum absolute atomic E-state index is 0.172. The Balaban J connectivity index is 1.41. The molecular weight excluding hydrogens is 571 g/mol. The number of carbonyl (C=O) groups is 3. The van der Waals surface area contributed by atoms with Gasteiger partial charge >= 0.3 is 0 Å². The molecule has 3 amide bonds. The van der Waals surface area contributed by atoms with Crippen LogP contribution in [0.3, 0.4) is 0 Å². The first kappa shape index (κ1) is 26.1. The number of hydrazone groups is 1. The van der Waals surface area contributed by atoms with Gasteiger partial charge in [-0.3, -0.25) is 14.4 Å². The van der Waals surface area contributed by atoms with Crippen LogP contribution in [-0.4, -0.2) is 23.9 Å². The number of halogens is 2. The summed E-state index contributed by atoms with van der Waals surface area (Å²) < 4.78 is 0. The largest absolute Gasteiger partial charge is 0.274 e. The second-order valence-corrected chi connectivity index (χ2v) is 11.3.